The molecule has 0 fully saturated rings. The average Bonchev–Trinajstić information content (AvgIpc) is 2.51. The molecule has 0 bridgehead atoms. The van der Waals surface area contributed by atoms with Crippen molar-refractivity contribution in [2.75, 3.05) is 24.6 Å². The summed E-state index contributed by atoms with van der Waals surface area (Å²) >= 11 is 0. The number of anilines is 1. The number of aromatic hydroxyl groups is 1. The van der Waals surface area contributed by atoms with Crippen molar-refractivity contribution < 1.29 is 10.2 Å². The number of aliphatic hydroxyl groups excluding tert-OH is 1. The molecule has 0 radical (unpaired) electrons. The Bertz CT molecular complexity index is 349. The van der Waals surface area contributed by atoms with Crippen LogP contribution in [-0.4, -0.2) is 29.9 Å². The van der Waals surface area contributed by atoms with Gasteiger partial charge in [-0.3, -0.25) is 0 Å². The molecule has 1 aliphatic rings. The van der Waals surface area contributed by atoms with Crippen LogP contribution in [0.15, 0.2) is 12.1 Å². The number of nitrogens with zero attached hydrogens (tertiary/aromatic N) is 1. The van der Waals surface area contributed by atoms with Crippen LogP contribution in [0.1, 0.15) is 11.1 Å². The highest BCUT2D eigenvalue weighted by Gasteiger charge is 2.19. The Kier molecular flexibility index (Phi) is 2.33. The normalized spacial score (nSPS) is 14.6. The number of β-amino-alcohol motifs (C(OH)–C–C–N with tert-alkyl or cyclic N) is 1. The number of aliphatic hydroxyl groups is 1. The summed E-state index contributed by atoms with van der Waals surface area (Å²) < 4.78 is 0. The predicted octanol–water partition coefficient (Wildman–Crippen LogP) is 1.06. The molecule has 2 N–H and O–H groups in total. The van der Waals surface area contributed by atoms with Gasteiger partial charge in [-0.25, -0.2) is 0 Å². The second kappa shape index (κ2) is 3.50. The minimum atomic E-state index is 0.161. The van der Waals surface area contributed by atoms with Gasteiger partial charge in [0.2, 0.25) is 0 Å². The van der Waals surface area contributed by atoms with Gasteiger partial charge in [0.25, 0.3) is 0 Å². The summed E-state index contributed by atoms with van der Waals surface area (Å²) in [6, 6.07) is 3.83. The first-order valence-electron chi connectivity index (χ1n) is 4.90. The van der Waals surface area contributed by atoms with Crippen LogP contribution in [-0.2, 0) is 6.42 Å². The number of phenols is 1. The van der Waals surface area contributed by atoms with Crippen molar-refractivity contribution in [2.45, 2.75) is 13.3 Å². The van der Waals surface area contributed by atoms with Crippen molar-refractivity contribution >= 4 is 5.69 Å². The molecule has 14 heavy (non-hydrogen) atoms. The highest BCUT2D eigenvalue weighted by atomic mass is 16.3. The lowest BCUT2D eigenvalue weighted by Gasteiger charge is -2.18. The molecule has 1 heterocycles. The quantitative estimate of drug-likeness (QED) is 0.738. The summed E-state index contributed by atoms with van der Waals surface area (Å²) in [7, 11) is 0. The molecule has 1 aromatic carbocycles. The van der Waals surface area contributed by atoms with Gasteiger partial charge in [0.05, 0.1) is 6.61 Å². The van der Waals surface area contributed by atoms with Gasteiger partial charge in [0.15, 0.2) is 0 Å². The Morgan fingerprint density at radius 3 is 2.93 bits per heavy atom. The number of fused-ring (bicyclic) bond motifs is 1. The molecule has 1 aliphatic heterocycles. The van der Waals surface area contributed by atoms with Crippen LogP contribution in [0.5, 0.6) is 5.75 Å². The third-order valence-electron chi connectivity index (χ3n) is 2.76. The van der Waals surface area contributed by atoms with E-state index in [9.17, 15) is 5.11 Å². The predicted molar refractivity (Wildman–Crippen MR) is 55.8 cm³/mol. The molecule has 1 aromatic rings. The molecule has 0 saturated carbocycles. The zero-order chi connectivity index (χ0) is 10.1. The lowest BCUT2D eigenvalue weighted by atomic mass is 10.1. The van der Waals surface area contributed by atoms with Gasteiger partial charge in [-0.1, -0.05) is 6.07 Å². The van der Waals surface area contributed by atoms with E-state index in [-0.39, 0.29) is 6.61 Å². The van der Waals surface area contributed by atoms with E-state index in [2.05, 4.69) is 4.90 Å². The van der Waals surface area contributed by atoms with E-state index in [0.29, 0.717) is 12.3 Å². The van der Waals surface area contributed by atoms with Crippen molar-refractivity contribution in [3.05, 3.63) is 23.3 Å². The van der Waals surface area contributed by atoms with Gasteiger partial charge >= 0.3 is 0 Å². The Morgan fingerprint density at radius 2 is 2.21 bits per heavy atom. The zero-order valence-corrected chi connectivity index (χ0v) is 8.32. The van der Waals surface area contributed by atoms with Crippen LogP contribution in [0.25, 0.3) is 0 Å². The SMILES string of the molecule is Cc1cc2c(cc1O)N(CCO)CC2. The van der Waals surface area contributed by atoms with E-state index >= 15 is 0 Å². The average molecular weight is 193 g/mol. The van der Waals surface area contributed by atoms with E-state index in [4.69, 9.17) is 5.11 Å². The molecule has 2 rings (SSSR count). The fourth-order valence-electron chi connectivity index (χ4n) is 1.97. The molecule has 76 valence electrons. The van der Waals surface area contributed by atoms with Crippen LogP contribution in [0, 0.1) is 6.92 Å². The molecule has 0 unspecified atom stereocenters. The highest BCUT2D eigenvalue weighted by molar-refractivity contribution is 5.62. The number of phenolic OH excluding ortho intramolecular Hbond substituents is 1. The van der Waals surface area contributed by atoms with Crippen molar-refractivity contribution in [2.24, 2.45) is 0 Å². The van der Waals surface area contributed by atoms with Crippen molar-refractivity contribution in [1.29, 1.82) is 0 Å². The molecule has 0 spiro atoms. The Hall–Kier alpha value is -1.22. The summed E-state index contributed by atoms with van der Waals surface area (Å²) in [6.45, 7) is 3.66. The van der Waals surface area contributed by atoms with Crippen molar-refractivity contribution in [1.82, 2.24) is 0 Å². The smallest absolute Gasteiger partial charge is 0.120 e. The number of hydrogen-bond donors (Lipinski definition) is 2. The third kappa shape index (κ3) is 1.44. The molecule has 3 nitrogen and oxygen atoms in total. The fourth-order valence-corrected chi connectivity index (χ4v) is 1.97. The topological polar surface area (TPSA) is 43.7 Å². The lowest BCUT2D eigenvalue weighted by Crippen LogP contribution is -2.23. The van der Waals surface area contributed by atoms with Gasteiger partial charge in [-0.15, -0.1) is 0 Å². The second-order valence-electron chi connectivity index (χ2n) is 3.73. The van der Waals surface area contributed by atoms with Crippen LogP contribution in [0.4, 0.5) is 5.69 Å². The van der Waals surface area contributed by atoms with Gasteiger partial charge in [-0.2, -0.15) is 0 Å². The molecule has 0 amide bonds. The lowest BCUT2D eigenvalue weighted by molar-refractivity contribution is 0.303. The maximum Gasteiger partial charge on any atom is 0.120 e. The monoisotopic (exact) mass is 193 g/mol. The van der Waals surface area contributed by atoms with E-state index in [1.165, 1.54) is 5.56 Å². The van der Waals surface area contributed by atoms with Crippen LogP contribution in [0.2, 0.25) is 0 Å². The second-order valence-corrected chi connectivity index (χ2v) is 3.73. The van der Waals surface area contributed by atoms with E-state index in [0.717, 1.165) is 24.2 Å². The minimum Gasteiger partial charge on any atom is -0.508 e. The third-order valence-corrected chi connectivity index (χ3v) is 2.76. The number of benzene rings is 1. The van der Waals surface area contributed by atoms with Crippen molar-refractivity contribution in [3.63, 3.8) is 0 Å². The summed E-state index contributed by atoms with van der Waals surface area (Å²) in [5, 5.41) is 18.5. The first-order valence-corrected chi connectivity index (χ1v) is 4.90. The maximum absolute atomic E-state index is 9.58. The number of rotatable bonds is 2. The standard InChI is InChI=1S/C11H15NO2/c1-8-6-9-2-3-12(4-5-13)10(9)7-11(8)14/h6-7,13-14H,2-5H2,1H3. The molecule has 3 heteroatoms. The minimum absolute atomic E-state index is 0.161. The number of hydrogen-bond acceptors (Lipinski definition) is 3. The van der Waals surface area contributed by atoms with Crippen LogP contribution in [0.3, 0.4) is 0 Å². The summed E-state index contributed by atoms with van der Waals surface area (Å²) in [6.07, 6.45) is 1.01. The zero-order valence-electron chi connectivity index (χ0n) is 8.32. The molecule has 0 aliphatic carbocycles. The van der Waals surface area contributed by atoms with Crippen LogP contribution >= 0.6 is 0 Å². The summed E-state index contributed by atoms with van der Waals surface area (Å²) in [4.78, 5) is 2.11. The van der Waals surface area contributed by atoms with Gasteiger partial charge in [0, 0.05) is 24.8 Å². The van der Waals surface area contributed by atoms with Gasteiger partial charge in [0.1, 0.15) is 5.75 Å². The first-order chi connectivity index (χ1) is 6.72. The number of aryl methyl sites for hydroxylation is 1. The maximum atomic E-state index is 9.58. The van der Waals surface area contributed by atoms with Crippen molar-refractivity contribution in [3.8, 4) is 5.75 Å². The molecule has 0 aromatic heterocycles. The highest BCUT2D eigenvalue weighted by Crippen LogP contribution is 2.33. The Labute approximate surface area is 83.6 Å². The Morgan fingerprint density at radius 1 is 1.43 bits per heavy atom. The molecular weight excluding hydrogens is 178 g/mol. The molecular formula is C11H15NO2. The summed E-state index contributed by atoms with van der Waals surface area (Å²) in [5.41, 5.74) is 3.27. The fraction of sp³-hybridized carbons (Fsp3) is 0.455. The van der Waals surface area contributed by atoms with E-state index < -0.39 is 0 Å². The Balaban J connectivity index is 2.35. The first kappa shape index (κ1) is 9.34. The summed E-state index contributed by atoms with van der Waals surface area (Å²) in [5.74, 6) is 0.341. The van der Waals surface area contributed by atoms with E-state index in [1.807, 2.05) is 13.0 Å². The van der Waals surface area contributed by atoms with E-state index in [1.54, 1.807) is 6.07 Å². The molecule has 0 saturated heterocycles. The molecule has 0 atom stereocenters. The van der Waals surface area contributed by atoms with Gasteiger partial charge < -0.3 is 15.1 Å². The largest absolute Gasteiger partial charge is 0.508 e. The van der Waals surface area contributed by atoms with Gasteiger partial charge in [-0.05, 0) is 24.5 Å². The van der Waals surface area contributed by atoms with Crippen LogP contribution < -0.4 is 4.90 Å².